The monoisotopic (exact) mass is 269 g/mol. The van der Waals surface area contributed by atoms with Gasteiger partial charge in [0, 0.05) is 31.5 Å². The number of piperidine rings is 1. The third-order valence-electron chi connectivity index (χ3n) is 3.97. The molecule has 1 atom stereocenters. The predicted octanol–water partition coefficient (Wildman–Crippen LogP) is 1.85. The molecule has 19 heavy (non-hydrogen) atoms. The van der Waals surface area contributed by atoms with Crippen molar-refractivity contribution in [2.75, 3.05) is 19.6 Å². The number of amides is 1. The summed E-state index contributed by atoms with van der Waals surface area (Å²) in [5.41, 5.74) is 0.874. The first kappa shape index (κ1) is 16.0. The molecule has 110 valence electrons. The van der Waals surface area contributed by atoms with Crippen LogP contribution >= 0.6 is 0 Å². The Bertz CT molecular complexity index is 314. The summed E-state index contributed by atoms with van der Waals surface area (Å²) in [7, 11) is 0. The first-order valence-corrected chi connectivity index (χ1v) is 7.37. The van der Waals surface area contributed by atoms with Gasteiger partial charge in [-0.3, -0.25) is 9.69 Å². The molecule has 1 aliphatic heterocycles. The number of carbonyl (C=O) groups is 1. The average molecular weight is 269 g/mol. The van der Waals surface area contributed by atoms with Crippen LogP contribution in [0.25, 0.3) is 0 Å². The van der Waals surface area contributed by atoms with E-state index < -0.39 is 0 Å². The quantitative estimate of drug-likeness (QED) is 0.571. The minimum atomic E-state index is 0.105. The molecule has 1 fully saturated rings. The number of hydrogen-bond donors (Lipinski definition) is 2. The van der Waals surface area contributed by atoms with Crippen LogP contribution < -0.4 is 5.32 Å². The summed E-state index contributed by atoms with van der Waals surface area (Å²) >= 11 is 0. The van der Waals surface area contributed by atoms with Crippen LogP contribution in [-0.2, 0) is 4.79 Å². The maximum absolute atomic E-state index is 12.0. The van der Waals surface area contributed by atoms with E-state index in [9.17, 15) is 4.79 Å². The second-order valence-corrected chi connectivity index (χ2v) is 5.26. The molecule has 1 aliphatic rings. The molecule has 1 heterocycles. The third-order valence-corrected chi connectivity index (χ3v) is 3.97. The lowest BCUT2D eigenvalue weighted by Gasteiger charge is -2.32. The minimum absolute atomic E-state index is 0.105. The Morgan fingerprint density at radius 3 is 2.68 bits per heavy atom. The third kappa shape index (κ3) is 4.82. The first-order valence-electron chi connectivity index (χ1n) is 7.37. The summed E-state index contributed by atoms with van der Waals surface area (Å²) in [5, 5.41) is 15.4. The Morgan fingerprint density at radius 2 is 2.16 bits per heavy atom. The fourth-order valence-electron chi connectivity index (χ4n) is 2.59. The van der Waals surface area contributed by atoms with Crippen LogP contribution in [0.2, 0.25) is 0 Å². The summed E-state index contributed by atoms with van der Waals surface area (Å²) in [4.78, 5) is 14.1. The second-order valence-electron chi connectivity index (χ2n) is 5.26. The molecular weight excluding hydrogens is 242 g/mol. The van der Waals surface area contributed by atoms with E-state index in [0.717, 1.165) is 44.5 Å². The van der Waals surface area contributed by atoms with Gasteiger partial charge in [0.2, 0.25) is 5.91 Å². The number of rotatable bonds is 6. The summed E-state index contributed by atoms with van der Waals surface area (Å²) in [6, 6.07) is 0.286. The van der Waals surface area contributed by atoms with Gasteiger partial charge >= 0.3 is 0 Å². The van der Waals surface area contributed by atoms with Gasteiger partial charge in [0.1, 0.15) is 0 Å². The van der Waals surface area contributed by atoms with E-state index in [1.54, 1.807) is 0 Å². The molecule has 0 aromatic heterocycles. The highest BCUT2D eigenvalue weighted by atomic mass is 16.4. The Balaban J connectivity index is 2.43. The zero-order valence-electron chi connectivity index (χ0n) is 12.4. The molecule has 5 heteroatoms. The number of carbonyl (C=O) groups excluding carboxylic acids is 1. The Hall–Kier alpha value is -1.10. The van der Waals surface area contributed by atoms with Crippen LogP contribution in [0.4, 0.5) is 0 Å². The van der Waals surface area contributed by atoms with E-state index >= 15 is 0 Å². The van der Waals surface area contributed by atoms with Crippen molar-refractivity contribution in [1.82, 2.24) is 10.2 Å². The van der Waals surface area contributed by atoms with Crippen molar-refractivity contribution in [2.24, 2.45) is 11.1 Å². The maximum Gasteiger partial charge on any atom is 0.234 e. The summed E-state index contributed by atoms with van der Waals surface area (Å²) in [6.45, 7) is 8.33. The molecular formula is C14H27N3O2. The molecule has 0 radical (unpaired) electrons. The van der Waals surface area contributed by atoms with Crippen molar-refractivity contribution in [3.05, 3.63) is 0 Å². The zero-order valence-corrected chi connectivity index (χ0v) is 12.4. The van der Waals surface area contributed by atoms with Crippen LogP contribution in [0.1, 0.15) is 46.5 Å². The van der Waals surface area contributed by atoms with E-state index in [-0.39, 0.29) is 17.9 Å². The Labute approximate surface area is 116 Å². The van der Waals surface area contributed by atoms with Crippen molar-refractivity contribution in [2.45, 2.75) is 52.5 Å². The molecule has 2 N–H and O–H groups in total. The standard InChI is InChI=1S/C14H27N3O2/c1-4-11-9-17(8-7-13(11)16-19)10-14(18)15-12(5-2)6-3/h11-12,19H,4-10H2,1-3H3,(H,15,18). The van der Waals surface area contributed by atoms with Gasteiger partial charge in [-0.25, -0.2) is 0 Å². The van der Waals surface area contributed by atoms with E-state index in [1.165, 1.54) is 0 Å². The molecule has 1 amide bonds. The molecule has 0 spiro atoms. The Morgan fingerprint density at radius 1 is 1.47 bits per heavy atom. The summed E-state index contributed by atoms with van der Waals surface area (Å²) in [6.07, 6.45) is 3.65. The smallest absolute Gasteiger partial charge is 0.234 e. The number of hydrogen-bond acceptors (Lipinski definition) is 4. The van der Waals surface area contributed by atoms with Crippen molar-refractivity contribution >= 4 is 11.6 Å². The zero-order chi connectivity index (χ0) is 14.3. The van der Waals surface area contributed by atoms with E-state index in [2.05, 4.69) is 36.1 Å². The molecule has 5 nitrogen and oxygen atoms in total. The highest BCUT2D eigenvalue weighted by molar-refractivity contribution is 5.87. The van der Waals surface area contributed by atoms with Gasteiger partial charge in [-0.1, -0.05) is 25.9 Å². The number of nitrogens with zero attached hydrogens (tertiary/aromatic N) is 2. The average Bonchev–Trinajstić information content (AvgIpc) is 2.44. The van der Waals surface area contributed by atoms with Gasteiger partial charge < -0.3 is 10.5 Å². The van der Waals surface area contributed by atoms with Crippen LogP contribution in [0, 0.1) is 5.92 Å². The van der Waals surface area contributed by atoms with Crippen molar-refractivity contribution in [3.8, 4) is 0 Å². The lowest BCUT2D eigenvalue weighted by atomic mass is 9.93. The summed E-state index contributed by atoms with van der Waals surface area (Å²) < 4.78 is 0. The van der Waals surface area contributed by atoms with Crippen molar-refractivity contribution in [3.63, 3.8) is 0 Å². The normalized spacial score (nSPS) is 22.9. The fraction of sp³-hybridized carbons (Fsp3) is 0.857. The molecule has 0 saturated carbocycles. The number of likely N-dealkylation sites (tertiary alicyclic amines) is 1. The summed E-state index contributed by atoms with van der Waals surface area (Å²) in [5.74, 6) is 0.382. The molecule has 1 rings (SSSR count). The topological polar surface area (TPSA) is 64.9 Å². The van der Waals surface area contributed by atoms with Gasteiger partial charge in [0.25, 0.3) is 0 Å². The molecule has 0 aliphatic carbocycles. The molecule has 0 aromatic rings. The predicted molar refractivity (Wildman–Crippen MR) is 76.6 cm³/mol. The maximum atomic E-state index is 12.0. The number of nitrogens with one attached hydrogen (secondary N) is 1. The SMILES string of the molecule is CCC(CC)NC(=O)CN1CCC(=NO)C(CC)C1. The van der Waals surface area contributed by atoms with Crippen LogP contribution in [0.3, 0.4) is 0 Å². The van der Waals surface area contributed by atoms with Crippen LogP contribution in [0.5, 0.6) is 0 Å². The Kier molecular flexibility index (Phi) is 6.84. The minimum Gasteiger partial charge on any atom is -0.411 e. The molecule has 0 aromatic carbocycles. The van der Waals surface area contributed by atoms with E-state index in [0.29, 0.717) is 6.54 Å². The lowest BCUT2D eigenvalue weighted by molar-refractivity contribution is -0.123. The largest absolute Gasteiger partial charge is 0.411 e. The highest BCUT2D eigenvalue weighted by Crippen LogP contribution is 2.17. The van der Waals surface area contributed by atoms with Crippen molar-refractivity contribution in [1.29, 1.82) is 0 Å². The van der Waals surface area contributed by atoms with Gasteiger partial charge in [0.15, 0.2) is 0 Å². The van der Waals surface area contributed by atoms with Gasteiger partial charge in [-0.2, -0.15) is 0 Å². The van der Waals surface area contributed by atoms with E-state index in [1.807, 2.05) is 0 Å². The first-order chi connectivity index (χ1) is 9.14. The van der Waals surface area contributed by atoms with Gasteiger partial charge in [-0.15, -0.1) is 0 Å². The molecule has 0 bridgehead atoms. The fourth-order valence-corrected chi connectivity index (χ4v) is 2.59. The van der Waals surface area contributed by atoms with E-state index in [4.69, 9.17) is 5.21 Å². The second kappa shape index (κ2) is 8.15. The van der Waals surface area contributed by atoms with Gasteiger partial charge in [0.05, 0.1) is 12.3 Å². The molecule has 1 unspecified atom stereocenters. The van der Waals surface area contributed by atoms with Gasteiger partial charge in [-0.05, 0) is 19.3 Å². The molecule has 1 saturated heterocycles. The lowest BCUT2D eigenvalue weighted by Crippen LogP contribution is -2.47. The highest BCUT2D eigenvalue weighted by Gasteiger charge is 2.26. The number of oxime groups is 1. The van der Waals surface area contributed by atoms with Crippen molar-refractivity contribution < 1.29 is 10.0 Å². The van der Waals surface area contributed by atoms with Crippen LogP contribution in [0.15, 0.2) is 5.16 Å². The van der Waals surface area contributed by atoms with Crippen LogP contribution in [-0.4, -0.2) is 47.4 Å².